The van der Waals surface area contributed by atoms with Crippen LogP contribution in [0.2, 0.25) is 0 Å². The zero-order chi connectivity index (χ0) is 10.6. The second-order valence-corrected chi connectivity index (χ2v) is 5.13. The Balaban J connectivity index is 3.06. The van der Waals surface area contributed by atoms with E-state index in [1.54, 1.807) is 7.11 Å². The second-order valence-electron chi connectivity index (χ2n) is 3.59. The maximum absolute atomic E-state index is 4.98. The fraction of sp³-hybridized carbons (Fsp3) is 1.00. The van der Waals surface area contributed by atoms with E-state index < -0.39 is 0 Å². The molecule has 0 bridgehead atoms. The van der Waals surface area contributed by atoms with Crippen LogP contribution in [-0.2, 0) is 4.74 Å². The van der Waals surface area contributed by atoms with Crippen LogP contribution in [0.25, 0.3) is 0 Å². The fourth-order valence-corrected chi connectivity index (χ4v) is 2.23. The summed E-state index contributed by atoms with van der Waals surface area (Å²) < 4.78 is 4.98. The van der Waals surface area contributed by atoms with Gasteiger partial charge in [0.05, 0.1) is 0 Å². The lowest BCUT2D eigenvalue weighted by Gasteiger charge is -2.11. The van der Waals surface area contributed by atoms with Crippen molar-refractivity contribution in [2.75, 3.05) is 32.6 Å². The smallest absolute Gasteiger partial charge is 0.0474 e. The van der Waals surface area contributed by atoms with Gasteiger partial charge in [-0.1, -0.05) is 20.3 Å². The molecule has 1 N–H and O–H groups in total. The van der Waals surface area contributed by atoms with E-state index in [9.17, 15) is 0 Å². The van der Waals surface area contributed by atoms with Crippen LogP contribution in [0.4, 0.5) is 0 Å². The first kappa shape index (κ1) is 14.3. The molecule has 0 amide bonds. The SMILES string of the molecule is CCCCSC(C)CNCCCOC. The Morgan fingerprint density at radius 3 is 2.79 bits per heavy atom. The van der Waals surface area contributed by atoms with Gasteiger partial charge in [-0.05, 0) is 25.1 Å². The van der Waals surface area contributed by atoms with E-state index >= 15 is 0 Å². The molecule has 0 aliphatic carbocycles. The minimum Gasteiger partial charge on any atom is -0.385 e. The molecule has 0 spiro atoms. The molecule has 14 heavy (non-hydrogen) atoms. The van der Waals surface area contributed by atoms with Crippen LogP contribution in [0, 0.1) is 0 Å². The Morgan fingerprint density at radius 1 is 1.36 bits per heavy atom. The topological polar surface area (TPSA) is 21.3 Å². The molecule has 2 nitrogen and oxygen atoms in total. The van der Waals surface area contributed by atoms with E-state index in [1.807, 2.05) is 0 Å². The molecule has 0 aromatic rings. The summed E-state index contributed by atoms with van der Waals surface area (Å²) in [6.45, 7) is 7.60. The molecule has 1 unspecified atom stereocenters. The highest BCUT2D eigenvalue weighted by Crippen LogP contribution is 2.11. The highest BCUT2D eigenvalue weighted by molar-refractivity contribution is 7.99. The van der Waals surface area contributed by atoms with Gasteiger partial charge in [0.15, 0.2) is 0 Å². The van der Waals surface area contributed by atoms with E-state index in [0.29, 0.717) is 0 Å². The van der Waals surface area contributed by atoms with Crippen molar-refractivity contribution in [3.63, 3.8) is 0 Å². The summed E-state index contributed by atoms with van der Waals surface area (Å²) in [5, 5.41) is 4.19. The third-order valence-corrected chi connectivity index (χ3v) is 3.29. The maximum atomic E-state index is 4.98. The van der Waals surface area contributed by atoms with Crippen LogP contribution < -0.4 is 5.32 Å². The summed E-state index contributed by atoms with van der Waals surface area (Å²) in [6, 6.07) is 0. The highest BCUT2D eigenvalue weighted by atomic mass is 32.2. The summed E-state index contributed by atoms with van der Waals surface area (Å²) in [7, 11) is 1.75. The van der Waals surface area contributed by atoms with Crippen molar-refractivity contribution in [3.8, 4) is 0 Å². The first-order chi connectivity index (χ1) is 6.81. The van der Waals surface area contributed by atoms with Crippen LogP contribution in [0.3, 0.4) is 0 Å². The number of rotatable bonds is 10. The van der Waals surface area contributed by atoms with Crippen molar-refractivity contribution in [2.45, 2.75) is 38.4 Å². The number of ether oxygens (including phenoxy) is 1. The molecule has 3 heteroatoms. The van der Waals surface area contributed by atoms with Gasteiger partial charge in [-0.3, -0.25) is 0 Å². The quantitative estimate of drug-likeness (QED) is 0.571. The van der Waals surface area contributed by atoms with Crippen molar-refractivity contribution < 1.29 is 4.74 Å². The predicted molar refractivity (Wildman–Crippen MR) is 66.2 cm³/mol. The zero-order valence-corrected chi connectivity index (χ0v) is 10.7. The van der Waals surface area contributed by atoms with E-state index in [1.165, 1.54) is 18.6 Å². The minimum absolute atomic E-state index is 0.740. The molecule has 0 aliphatic heterocycles. The molecule has 1 atom stereocenters. The zero-order valence-electron chi connectivity index (χ0n) is 9.84. The monoisotopic (exact) mass is 219 g/mol. The third-order valence-electron chi connectivity index (χ3n) is 2.03. The van der Waals surface area contributed by atoms with Crippen molar-refractivity contribution in [1.29, 1.82) is 0 Å². The van der Waals surface area contributed by atoms with Gasteiger partial charge in [-0.15, -0.1) is 0 Å². The summed E-state index contributed by atoms with van der Waals surface area (Å²) in [5.41, 5.74) is 0. The van der Waals surface area contributed by atoms with Gasteiger partial charge in [0, 0.05) is 25.5 Å². The van der Waals surface area contributed by atoms with Crippen LogP contribution in [0.1, 0.15) is 33.1 Å². The van der Waals surface area contributed by atoms with Crippen LogP contribution >= 0.6 is 11.8 Å². The maximum Gasteiger partial charge on any atom is 0.0474 e. The predicted octanol–water partition coefficient (Wildman–Crippen LogP) is 2.53. The van der Waals surface area contributed by atoms with Gasteiger partial charge in [0.1, 0.15) is 0 Å². The van der Waals surface area contributed by atoms with Crippen molar-refractivity contribution in [1.82, 2.24) is 5.32 Å². The third kappa shape index (κ3) is 10.4. The van der Waals surface area contributed by atoms with Crippen molar-refractivity contribution in [3.05, 3.63) is 0 Å². The van der Waals surface area contributed by atoms with Gasteiger partial charge in [0.25, 0.3) is 0 Å². The van der Waals surface area contributed by atoms with E-state index in [4.69, 9.17) is 4.74 Å². The largest absolute Gasteiger partial charge is 0.385 e. The molecule has 0 heterocycles. The number of hydrogen-bond acceptors (Lipinski definition) is 3. The van der Waals surface area contributed by atoms with Crippen LogP contribution in [-0.4, -0.2) is 37.8 Å². The summed E-state index contributed by atoms with van der Waals surface area (Å²) in [6.07, 6.45) is 3.77. The second kappa shape index (κ2) is 11.3. The van der Waals surface area contributed by atoms with Gasteiger partial charge in [-0.2, -0.15) is 11.8 Å². The highest BCUT2D eigenvalue weighted by Gasteiger charge is 2.00. The molecule has 0 aliphatic rings. The number of thioether (sulfide) groups is 1. The molecule has 0 radical (unpaired) electrons. The summed E-state index contributed by atoms with van der Waals surface area (Å²) in [5.74, 6) is 1.30. The molecule has 0 aromatic carbocycles. The average molecular weight is 219 g/mol. The normalized spacial score (nSPS) is 13.1. The van der Waals surface area contributed by atoms with Gasteiger partial charge in [-0.25, -0.2) is 0 Å². The Morgan fingerprint density at radius 2 is 2.14 bits per heavy atom. The van der Waals surface area contributed by atoms with E-state index in [-0.39, 0.29) is 0 Å². The summed E-state index contributed by atoms with van der Waals surface area (Å²) in [4.78, 5) is 0. The standard InChI is InChI=1S/C11H25NOS/c1-4-5-9-14-11(2)10-12-7-6-8-13-3/h11-12H,4-10H2,1-3H3. The Kier molecular flexibility index (Phi) is 11.6. The molecule has 0 saturated heterocycles. The molecule has 86 valence electrons. The Labute approximate surface area is 93.2 Å². The Bertz CT molecular complexity index is 111. The first-order valence-corrected chi connectivity index (χ1v) is 6.67. The first-order valence-electron chi connectivity index (χ1n) is 5.62. The van der Waals surface area contributed by atoms with Gasteiger partial charge < -0.3 is 10.1 Å². The Hall–Kier alpha value is 0.270. The molecule has 0 saturated carbocycles. The molecular weight excluding hydrogens is 194 g/mol. The lowest BCUT2D eigenvalue weighted by atomic mass is 10.4. The molecule has 0 rings (SSSR count). The van der Waals surface area contributed by atoms with E-state index in [0.717, 1.165) is 31.4 Å². The van der Waals surface area contributed by atoms with Gasteiger partial charge >= 0.3 is 0 Å². The van der Waals surface area contributed by atoms with Crippen molar-refractivity contribution in [2.24, 2.45) is 0 Å². The number of hydrogen-bond donors (Lipinski definition) is 1. The lowest BCUT2D eigenvalue weighted by molar-refractivity contribution is 0.194. The van der Waals surface area contributed by atoms with Crippen LogP contribution in [0.15, 0.2) is 0 Å². The van der Waals surface area contributed by atoms with Crippen LogP contribution in [0.5, 0.6) is 0 Å². The molecule has 0 aromatic heterocycles. The molecular formula is C11H25NOS. The molecule has 0 fully saturated rings. The minimum atomic E-state index is 0.740. The summed E-state index contributed by atoms with van der Waals surface area (Å²) >= 11 is 2.07. The number of methoxy groups -OCH3 is 1. The lowest BCUT2D eigenvalue weighted by Crippen LogP contribution is -2.24. The fourth-order valence-electron chi connectivity index (χ4n) is 1.13. The van der Waals surface area contributed by atoms with E-state index in [2.05, 4.69) is 30.9 Å². The number of nitrogens with one attached hydrogen (secondary N) is 1. The van der Waals surface area contributed by atoms with Crippen molar-refractivity contribution >= 4 is 11.8 Å². The van der Waals surface area contributed by atoms with Gasteiger partial charge in [0.2, 0.25) is 0 Å². The average Bonchev–Trinajstić information content (AvgIpc) is 2.18. The number of unbranched alkanes of at least 4 members (excludes halogenated alkanes) is 1.